The highest BCUT2D eigenvalue weighted by atomic mass is 13.8. The molecule has 1 aliphatic rings. The van der Waals surface area contributed by atoms with Crippen LogP contribution >= 0.6 is 0 Å². The summed E-state index contributed by atoms with van der Waals surface area (Å²) < 4.78 is 0. The Kier molecular flexibility index (Phi) is 0.997. The van der Waals surface area contributed by atoms with Gasteiger partial charge >= 0.3 is 0 Å². The van der Waals surface area contributed by atoms with Gasteiger partial charge in [0.25, 0.3) is 0 Å². The van der Waals surface area contributed by atoms with Crippen molar-refractivity contribution in [1.29, 1.82) is 0 Å². The van der Waals surface area contributed by atoms with Crippen LogP contribution in [-0.2, 0) is 0 Å². The lowest BCUT2D eigenvalue weighted by Crippen LogP contribution is -1.70. The number of hydrogen-bond acceptors (Lipinski definition) is 0. The van der Waals surface area contributed by atoms with Crippen molar-refractivity contribution in [2.24, 2.45) is 0 Å². The first kappa shape index (κ1) is 4.21. The van der Waals surface area contributed by atoms with E-state index in [1.807, 2.05) is 25.2 Å². The molecule has 0 bridgehead atoms. The van der Waals surface area contributed by atoms with Crippen LogP contribution in [0, 0.1) is 12.2 Å². The minimum atomic E-state index is 1.14. The molecule has 0 aromatic carbocycles. The zero-order chi connectivity index (χ0) is 5.11. The first-order valence-corrected chi connectivity index (χ1v) is 2.24. The van der Waals surface area contributed by atoms with Gasteiger partial charge < -0.3 is 0 Å². The molecular formula is C7H6+2. The molecule has 0 saturated heterocycles. The molecule has 0 nitrogen and oxygen atoms in total. The number of rotatable bonds is 0. The minimum Gasteiger partial charge on any atom is 0.0427 e. The maximum atomic E-state index is 3.00. The van der Waals surface area contributed by atoms with E-state index in [1.165, 1.54) is 0 Å². The summed E-state index contributed by atoms with van der Waals surface area (Å²) in [6, 6.07) is 0. The molecular weight excluding hydrogens is 84.1 g/mol. The fourth-order valence-electron chi connectivity index (χ4n) is 0.436. The smallest absolute Gasteiger partial charge is 0.0427 e. The van der Waals surface area contributed by atoms with Crippen LogP contribution in [0.2, 0.25) is 0 Å². The Labute approximate surface area is 43.9 Å². The molecule has 0 aromatic heterocycles. The third-order valence-corrected chi connectivity index (χ3v) is 0.790. The molecule has 0 spiro atoms. The van der Waals surface area contributed by atoms with Crippen LogP contribution in [0.25, 0.3) is 0 Å². The molecule has 0 heterocycles. The largest absolute Gasteiger partial charge is 0.223 e. The molecule has 0 heteroatoms. The van der Waals surface area contributed by atoms with Crippen molar-refractivity contribution < 1.29 is 0 Å². The second-order valence-electron chi connectivity index (χ2n) is 1.47. The SMILES string of the molecule is CC1=[C+]C=C[C+]=C1. The van der Waals surface area contributed by atoms with Gasteiger partial charge in [0.05, 0.1) is 0 Å². The standard InChI is InChI=1S/C7H6/c1-7-5-3-2-4-6-7/h2-3,6H,1H3/q+2. The molecule has 32 valence electrons. The normalized spacial score (nSPS) is 14.7. The van der Waals surface area contributed by atoms with Crippen molar-refractivity contribution in [2.75, 3.05) is 0 Å². The van der Waals surface area contributed by atoms with Crippen LogP contribution in [-0.4, -0.2) is 0 Å². The molecule has 0 amide bonds. The van der Waals surface area contributed by atoms with Gasteiger partial charge in [0, 0.05) is 6.92 Å². The predicted octanol–water partition coefficient (Wildman–Crippen LogP) is 1.67. The summed E-state index contributed by atoms with van der Waals surface area (Å²) in [5.41, 5.74) is 1.14. The molecule has 0 aliphatic heterocycles. The second-order valence-corrected chi connectivity index (χ2v) is 1.47. The number of allylic oxidation sites excluding steroid dienone is 6. The Morgan fingerprint density at radius 1 is 1.43 bits per heavy atom. The lowest BCUT2D eigenvalue weighted by Gasteiger charge is -1.64. The summed E-state index contributed by atoms with van der Waals surface area (Å²) in [4.78, 5) is 0. The Balaban J connectivity index is 2.82. The van der Waals surface area contributed by atoms with E-state index >= 15 is 0 Å². The van der Waals surface area contributed by atoms with Crippen LogP contribution in [0.1, 0.15) is 6.92 Å². The maximum absolute atomic E-state index is 3.00. The van der Waals surface area contributed by atoms with Gasteiger partial charge in [-0.2, -0.15) is 0 Å². The average molecular weight is 90.1 g/mol. The Bertz CT molecular complexity index is 136. The second kappa shape index (κ2) is 1.66. The van der Waals surface area contributed by atoms with E-state index in [0.29, 0.717) is 0 Å². The summed E-state index contributed by atoms with van der Waals surface area (Å²) >= 11 is 0. The lowest BCUT2D eigenvalue weighted by atomic mass is 10.2. The van der Waals surface area contributed by atoms with Crippen molar-refractivity contribution in [3.8, 4) is 0 Å². The van der Waals surface area contributed by atoms with Crippen molar-refractivity contribution >= 4 is 0 Å². The first-order valence-electron chi connectivity index (χ1n) is 2.24. The van der Waals surface area contributed by atoms with Crippen LogP contribution in [0.3, 0.4) is 0 Å². The third-order valence-electron chi connectivity index (χ3n) is 0.790. The van der Waals surface area contributed by atoms with Gasteiger partial charge in [0.15, 0.2) is 12.2 Å². The van der Waals surface area contributed by atoms with Gasteiger partial charge in [0.2, 0.25) is 23.8 Å². The minimum absolute atomic E-state index is 1.14. The Hall–Kier alpha value is -0.960. The average Bonchev–Trinajstić information content (AvgIpc) is 1.69. The maximum Gasteiger partial charge on any atom is 0.223 e. The monoisotopic (exact) mass is 90.0 g/mol. The molecule has 1 rings (SSSR count). The quantitative estimate of drug-likeness (QED) is 0.397. The molecule has 0 atom stereocenters. The summed E-state index contributed by atoms with van der Waals surface area (Å²) in [6.07, 6.45) is 11.5. The van der Waals surface area contributed by atoms with Crippen molar-refractivity contribution in [1.82, 2.24) is 0 Å². The van der Waals surface area contributed by atoms with E-state index in [-0.39, 0.29) is 0 Å². The summed E-state index contributed by atoms with van der Waals surface area (Å²) in [5, 5.41) is 0. The Morgan fingerprint density at radius 2 is 2.29 bits per heavy atom. The van der Waals surface area contributed by atoms with Gasteiger partial charge in [-0.25, -0.2) is 0 Å². The topological polar surface area (TPSA) is 0 Å². The van der Waals surface area contributed by atoms with Gasteiger partial charge in [-0.15, -0.1) is 0 Å². The Morgan fingerprint density at radius 3 is 2.57 bits per heavy atom. The molecule has 1 aliphatic carbocycles. The summed E-state index contributed by atoms with van der Waals surface area (Å²) in [7, 11) is 0. The van der Waals surface area contributed by atoms with E-state index in [2.05, 4.69) is 12.2 Å². The van der Waals surface area contributed by atoms with Gasteiger partial charge in [-0.1, -0.05) is 0 Å². The van der Waals surface area contributed by atoms with E-state index in [9.17, 15) is 0 Å². The zero-order valence-electron chi connectivity index (χ0n) is 4.23. The highest BCUT2D eigenvalue weighted by molar-refractivity contribution is 5.23. The highest BCUT2D eigenvalue weighted by Crippen LogP contribution is 1.97. The van der Waals surface area contributed by atoms with Crippen LogP contribution in [0.5, 0.6) is 0 Å². The first-order chi connectivity index (χ1) is 3.39. The van der Waals surface area contributed by atoms with Gasteiger partial charge in [-0.05, 0) is 0 Å². The molecule has 0 unspecified atom stereocenters. The molecule has 0 radical (unpaired) electrons. The predicted molar refractivity (Wildman–Crippen MR) is 29.4 cm³/mol. The van der Waals surface area contributed by atoms with E-state index in [1.54, 1.807) is 0 Å². The highest BCUT2D eigenvalue weighted by Gasteiger charge is 2.03. The molecule has 0 saturated carbocycles. The van der Waals surface area contributed by atoms with Crippen molar-refractivity contribution in [2.45, 2.75) is 6.92 Å². The van der Waals surface area contributed by atoms with Crippen LogP contribution in [0.4, 0.5) is 0 Å². The third kappa shape index (κ3) is 0.940. The van der Waals surface area contributed by atoms with Crippen LogP contribution in [0.15, 0.2) is 23.8 Å². The lowest BCUT2D eigenvalue weighted by molar-refractivity contribution is 1.46. The molecule has 7 heavy (non-hydrogen) atoms. The van der Waals surface area contributed by atoms with Crippen molar-refractivity contribution in [3.05, 3.63) is 36.0 Å². The fraction of sp³-hybridized carbons (Fsp3) is 0.143. The fourth-order valence-corrected chi connectivity index (χ4v) is 0.436. The number of hydrogen-bond donors (Lipinski definition) is 0. The van der Waals surface area contributed by atoms with Gasteiger partial charge in [0.1, 0.15) is 0 Å². The molecule has 0 aromatic rings. The molecule has 0 fully saturated rings. The molecule has 0 N–H and O–H groups in total. The van der Waals surface area contributed by atoms with E-state index in [4.69, 9.17) is 0 Å². The zero-order valence-corrected chi connectivity index (χ0v) is 4.23. The summed E-state index contributed by atoms with van der Waals surface area (Å²) in [6.45, 7) is 2.00. The van der Waals surface area contributed by atoms with Crippen LogP contribution < -0.4 is 0 Å². The van der Waals surface area contributed by atoms with Gasteiger partial charge in [-0.3, -0.25) is 0 Å². The van der Waals surface area contributed by atoms with E-state index in [0.717, 1.165) is 5.57 Å². The summed E-state index contributed by atoms with van der Waals surface area (Å²) in [5.74, 6) is 0. The van der Waals surface area contributed by atoms with E-state index < -0.39 is 0 Å². The van der Waals surface area contributed by atoms with Crippen molar-refractivity contribution in [3.63, 3.8) is 0 Å².